The van der Waals surface area contributed by atoms with Crippen LogP contribution in [0.3, 0.4) is 0 Å². The molecule has 0 fully saturated rings. The molecular formula is C11H27NO. The third kappa shape index (κ3) is 8.26. The number of methoxy groups -OCH3 is 1. The summed E-state index contributed by atoms with van der Waals surface area (Å²) in [5, 5.41) is 0. The molecule has 0 rings (SSSR count). The maximum absolute atomic E-state index is 5.34. The van der Waals surface area contributed by atoms with E-state index in [1.54, 1.807) is 7.11 Å². The Morgan fingerprint density at radius 1 is 1.23 bits per heavy atom. The zero-order valence-electron chi connectivity index (χ0n) is 10.4. The van der Waals surface area contributed by atoms with Crippen molar-refractivity contribution in [1.82, 2.24) is 4.90 Å². The Morgan fingerprint density at radius 2 is 1.69 bits per heavy atom. The average molecular weight is 189 g/mol. The van der Waals surface area contributed by atoms with Crippen molar-refractivity contribution in [2.45, 2.75) is 40.7 Å². The number of rotatable bonds is 5. The minimum atomic E-state index is 0.375. The lowest BCUT2D eigenvalue weighted by molar-refractivity contribution is 0.0399. The highest BCUT2D eigenvalue weighted by Gasteiger charge is 2.13. The molecule has 0 amide bonds. The van der Waals surface area contributed by atoms with Crippen molar-refractivity contribution in [3.05, 3.63) is 0 Å². The largest absolute Gasteiger partial charge is 0.380 e. The Hall–Kier alpha value is -0.0800. The zero-order valence-corrected chi connectivity index (χ0v) is 10.4. The summed E-state index contributed by atoms with van der Waals surface area (Å²) in [7, 11) is 3.91. The topological polar surface area (TPSA) is 12.5 Å². The van der Waals surface area contributed by atoms with Gasteiger partial charge >= 0.3 is 0 Å². The molecule has 0 radical (unpaired) electrons. The fraction of sp³-hybridized carbons (Fsp3) is 1.00. The van der Waals surface area contributed by atoms with E-state index in [4.69, 9.17) is 4.74 Å². The van der Waals surface area contributed by atoms with E-state index in [1.807, 2.05) is 13.8 Å². The molecule has 82 valence electrons. The molecular weight excluding hydrogens is 162 g/mol. The lowest BCUT2D eigenvalue weighted by Crippen LogP contribution is -2.33. The van der Waals surface area contributed by atoms with Crippen molar-refractivity contribution in [3.8, 4) is 0 Å². The maximum Gasteiger partial charge on any atom is 0.0720 e. The third-order valence-corrected chi connectivity index (χ3v) is 2.08. The minimum absolute atomic E-state index is 0.375. The summed E-state index contributed by atoms with van der Waals surface area (Å²) in [6.07, 6.45) is 0.375. The molecule has 0 N–H and O–H groups in total. The van der Waals surface area contributed by atoms with Gasteiger partial charge in [0.1, 0.15) is 0 Å². The summed E-state index contributed by atoms with van der Waals surface area (Å²) < 4.78 is 5.34. The van der Waals surface area contributed by atoms with E-state index in [0.29, 0.717) is 12.0 Å². The first-order valence-electron chi connectivity index (χ1n) is 5.33. The van der Waals surface area contributed by atoms with Gasteiger partial charge in [-0.15, -0.1) is 0 Å². The van der Waals surface area contributed by atoms with Gasteiger partial charge in [0.15, 0.2) is 0 Å². The van der Waals surface area contributed by atoms with E-state index in [0.717, 1.165) is 13.1 Å². The van der Waals surface area contributed by atoms with E-state index < -0.39 is 0 Å². The fourth-order valence-electron chi connectivity index (χ4n) is 0.994. The van der Waals surface area contributed by atoms with Gasteiger partial charge in [-0.25, -0.2) is 0 Å². The summed E-state index contributed by atoms with van der Waals surface area (Å²) in [4.78, 5) is 2.27. The predicted molar refractivity (Wildman–Crippen MR) is 60.2 cm³/mol. The van der Waals surface area contributed by atoms with Crippen molar-refractivity contribution in [2.24, 2.45) is 5.92 Å². The highest BCUT2D eigenvalue weighted by Crippen LogP contribution is 2.06. The maximum atomic E-state index is 5.34. The molecule has 0 aliphatic carbocycles. The van der Waals surface area contributed by atoms with Crippen LogP contribution in [-0.4, -0.2) is 38.3 Å². The van der Waals surface area contributed by atoms with Crippen molar-refractivity contribution in [2.75, 3.05) is 27.2 Å². The van der Waals surface area contributed by atoms with E-state index in [-0.39, 0.29) is 0 Å². The Balaban J connectivity index is 0. The molecule has 0 saturated carbocycles. The van der Waals surface area contributed by atoms with Crippen molar-refractivity contribution >= 4 is 0 Å². The van der Waals surface area contributed by atoms with Gasteiger partial charge in [-0.1, -0.05) is 34.6 Å². The molecule has 0 aromatic rings. The third-order valence-electron chi connectivity index (χ3n) is 2.08. The second-order valence-electron chi connectivity index (χ2n) is 3.37. The van der Waals surface area contributed by atoms with Crippen LogP contribution in [0.2, 0.25) is 0 Å². The molecule has 1 unspecified atom stereocenters. The molecule has 0 spiro atoms. The summed E-state index contributed by atoms with van der Waals surface area (Å²) in [6, 6.07) is 0. The van der Waals surface area contributed by atoms with Crippen LogP contribution < -0.4 is 0 Å². The molecule has 0 saturated heterocycles. The van der Waals surface area contributed by atoms with Gasteiger partial charge < -0.3 is 9.64 Å². The highest BCUT2D eigenvalue weighted by molar-refractivity contribution is 4.65. The lowest BCUT2D eigenvalue weighted by atomic mass is 10.1. The standard InChI is InChI=1S/C9H21NO.C2H6/c1-6-10(4)7-9(11-5)8(2)3;1-2/h8-9H,6-7H2,1-5H3;1-2H3. The second kappa shape index (κ2) is 10.0. The molecule has 1 atom stereocenters. The van der Waals surface area contributed by atoms with Gasteiger partial charge in [0, 0.05) is 13.7 Å². The minimum Gasteiger partial charge on any atom is -0.380 e. The van der Waals surface area contributed by atoms with E-state index in [2.05, 4.69) is 32.7 Å². The van der Waals surface area contributed by atoms with Gasteiger partial charge in [-0.05, 0) is 19.5 Å². The molecule has 0 aliphatic rings. The second-order valence-corrected chi connectivity index (χ2v) is 3.37. The van der Waals surface area contributed by atoms with E-state index in [1.165, 1.54) is 0 Å². The van der Waals surface area contributed by atoms with Crippen molar-refractivity contribution in [3.63, 3.8) is 0 Å². The number of ether oxygens (including phenoxy) is 1. The highest BCUT2D eigenvalue weighted by atomic mass is 16.5. The smallest absolute Gasteiger partial charge is 0.0720 e. The van der Waals surface area contributed by atoms with Crippen LogP contribution in [0.4, 0.5) is 0 Å². The molecule has 0 aromatic heterocycles. The Kier molecular flexibility index (Phi) is 11.8. The van der Waals surface area contributed by atoms with Crippen molar-refractivity contribution < 1.29 is 4.74 Å². The first kappa shape index (κ1) is 15.4. The monoisotopic (exact) mass is 189 g/mol. The first-order chi connectivity index (χ1) is 6.11. The summed E-state index contributed by atoms with van der Waals surface area (Å²) in [5.74, 6) is 0.606. The van der Waals surface area contributed by atoms with Crippen LogP contribution >= 0.6 is 0 Å². The van der Waals surface area contributed by atoms with Crippen LogP contribution in [0.15, 0.2) is 0 Å². The zero-order chi connectivity index (χ0) is 10.9. The molecule has 0 aliphatic heterocycles. The van der Waals surface area contributed by atoms with Gasteiger partial charge in [-0.3, -0.25) is 0 Å². The summed E-state index contributed by atoms with van der Waals surface area (Å²) >= 11 is 0. The van der Waals surface area contributed by atoms with Crippen LogP contribution in [0, 0.1) is 5.92 Å². The number of hydrogen-bond acceptors (Lipinski definition) is 2. The van der Waals surface area contributed by atoms with Gasteiger partial charge in [0.05, 0.1) is 6.10 Å². The van der Waals surface area contributed by atoms with Crippen LogP contribution in [0.1, 0.15) is 34.6 Å². The fourth-order valence-corrected chi connectivity index (χ4v) is 0.994. The number of nitrogens with zero attached hydrogens (tertiary/aromatic N) is 1. The Labute approximate surface area is 84.3 Å². The van der Waals surface area contributed by atoms with E-state index in [9.17, 15) is 0 Å². The Bertz CT molecular complexity index is 94.1. The molecule has 2 heteroatoms. The van der Waals surface area contributed by atoms with Crippen LogP contribution in [-0.2, 0) is 4.74 Å². The van der Waals surface area contributed by atoms with Gasteiger partial charge in [0.25, 0.3) is 0 Å². The molecule has 0 aromatic carbocycles. The molecule has 0 heterocycles. The quantitative estimate of drug-likeness (QED) is 0.659. The molecule has 2 nitrogen and oxygen atoms in total. The predicted octanol–water partition coefficient (Wildman–Crippen LogP) is 2.64. The SMILES string of the molecule is CC.CCN(C)CC(OC)C(C)C. The molecule has 13 heavy (non-hydrogen) atoms. The number of likely N-dealkylation sites (N-methyl/N-ethyl adjacent to an activating group) is 1. The number of hydrogen-bond donors (Lipinski definition) is 0. The normalized spacial score (nSPS) is 12.7. The van der Waals surface area contributed by atoms with Crippen molar-refractivity contribution in [1.29, 1.82) is 0 Å². The first-order valence-corrected chi connectivity index (χ1v) is 5.33. The molecule has 0 bridgehead atoms. The van der Waals surface area contributed by atoms with Crippen LogP contribution in [0.5, 0.6) is 0 Å². The van der Waals surface area contributed by atoms with Crippen LogP contribution in [0.25, 0.3) is 0 Å². The van der Waals surface area contributed by atoms with Gasteiger partial charge in [0.2, 0.25) is 0 Å². The van der Waals surface area contributed by atoms with Gasteiger partial charge in [-0.2, -0.15) is 0 Å². The summed E-state index contributed by atoms with van der Waals surface area (Å²) in [6.45, 7) is 12.7. The lowest BCUT2D eigenvalue weighted by Gasteiger charge is -2.24. The average Bonchev–Trinajstić information content (AvgIpc) is 2.16. The summed E-state index contributed by atoms with van der Waals surface area (Å²) in [5.41, 5.74) is 0. The Morgan fingerprint density at radius 3 is 1.92 bits per heavy atom. The van der Waals surface area contributed by atoms with E-state index >= 15 is 0 Å².